The summed E-state index contributed by atoms with van der Waals surface area (Å²) in [6.07, 6.45) is -0.00741. The molecule has 0 fully saturated rings. The van der Waals surface area contributed by atoms with Crippen molar-refractivity contribution in [2.24, 2.45) is 5.92 Å². The van der Waals surface area contributed by atoms with Crippen LogP contribution in [0.2, 0.25) is 0 Å². The van der Waals surface area contributed by atoms with E-state index in [0.717, 1.165) is 21.9 Å². The highest BCUT2D eigenvalue weighted by molar-refractivity contribution is 6.00. The molecule has 214 valence electrons. The van der Waals surface area contributed by atoms with Crippen LogP contribution in [-0.2, 0) is 14.3 Å². The van der Waals surface area contributed by atoms with Crippen LogP contribution in [0.4, 0.5) is 10.5 Å². The average Bonchev–Trinajstić information content (AvgIpc) is 2.90. The van der Waals surface area contributed by atoms with Gasteiger partial charge in [-0.05, 0) is 87.1 Å². The number of nitrogens with zero attached hydrogens (tertiary/aromatic N) is 1. The summed E-state index contributed by atoms with van der Waals surface area (Å²) in [6, 6.07) is 17.7. The van der Waals surface area contributed by atoms with Gasteiger partial charge >= 0.3 is 6.09 Å². The fourth-order valence-electron chi connectivity index (χ4n) is 4.65. The highest BCUT2D eigenvalue weighted by Crippen LogP contribution is 2.28. The zero-order valence-corrected chi connectivity index (χ0v) is 25.0. The fraction of sp³-hybridized carbons (Fsp3) is 0.424. The molecule has 0 radical (unpaired) electrons. The Morgan fingerprint density at radius 1 is 0.900 bits per heavy atom. The standard InChI is InChI=1S/C33H43N3O4/c1-9-21(3)28(35-32(39)40-33(6,7)8)31(38)36(10-2)29(26-16-15-22(4)23(5)19-26)30(37)34-27-18-17-24-13-11-12-14-25(24)20-27/h11-21,28-29H,9-10H2,1-8H3,(H,34,37)(H,35,39). The predicted octanol–water partition coefficient (Wildman–Crippen LogP) is 6.92. The summed E-state index contributed by atoms with van der Waals surface area (Å²) >= 11 is 0. The molecule has 3 unspecified atom stereocenters. The lowest BCUT2D eigenvalue weighted by Crippen LogP contribution is -2.54. The van der Waals surface area contributed by atoms with Crippen LogP contribution < -0.4 is 10.6 Å². The van der Waals surface area contributed by atoms with E-state index in [1.807, 2.05) is 95.3 Å². The fourth-order valence-corrected chi connectivity index (χ4v) is 4.65. The monoisotopic (exact) mass is 545 g/mol. The molecule has 3 aromatic carbocycles. The molecule has 0 aliphatic rings. The first-order valence-electron chi connectivity index (χ1n) is 14.0. The van der Waals surface area contributed by atoms with Crippen molar-refractivity contribution in [2.45, 2.75) is 79.5 Å². The number of hydrogen-bond donors (Lipinski definition) is 2. The minimum absolute atomic E-state index is 0.182. The van der Waals surface area contributed by atoms with Gasteiger partial charge in [0.15, 0.2) is 0 Å². The lowest BCUT2D eigenvalue weighted by molar-refractivity contribution is -0.141. The molecule has 3 rings (SSSR count). The lowest BCUT2D eigenvalue weighted by Gasteiger charge is -2.35. The van der Waals surface area contributed by atoms with Gasteiger partial charge in [-0.2, -0.15) is 0 Å². The van der Waals surface area contributed by atoms with Gasteiger partial charge in [-0.1, -0.05) is 68.8 Å². The number of carbonyl (C=O) groups excluding carboxylic acids is 3. The minimum Gasteiger partial charge on any atom is -0.444 e. The van der Waals surface area contributed by atoms with E-state index >= 15 is 0 Å². The highest BCUT2D eigenvalue weighted by atomic mass is 16.6. The number of ether oxygens (including phenoxy) is 1. The van der Waals surface area contributed by atoms with Gasteiger partial charge < -0.3 is 20.3 Å². The van der Waals surface area contributed by atoms with Crippen LogP contribution in [0.25, 0.3) is 10.8 Å². The molecule has 0 aromatic heterocycles. The van der Waals surface area contributed by atoms with E-state index in [4.69, 9.17) is 4.74 Å². The molecule has 0 heterocycles. The van der Waals surface area contributed by atoms with Crippen LogP contribution in [-0.4, -0.2) is 41.0 Å². The molecule has 0 spiro atoms. The summed E-state index contributed by atoms with van der Waals surface area (Å²) in [4.78, 5) is 42.4. The van der Waals surface area contributed by atoms with Crippen LogP contribution in [0.3, 0.4) is 0 Å². The summed E-state index contributed by atoms with van der Waals surface area (Å²) in [5.74, 6) is -0.841. The lowest BCUT2D eigenvalue weighted by atomic mass is 9.94. The van der Waals surface area contributed by atoms with Gasteiger partial charge in [0.1, 0.15) is 17.7 Å². The normalized spacial score (nSPS) is 13.7. The number of nitrogens with one attached hydrogen (secondary N) is 2. The van der Waals surface area contributed by atoms with E-state index in [2.05, 4.69) is 10.6 Å². The Hall–Kier alpha value is -3.87. The van der Waals surface area contributed by atoms with Crippen LogP contribution >= 0.6 is 0 Å². The predicted molar refractivity (Wildman–Crippen MR) is 161 cm³/mol. The van der Waals surface area contributed by atoms with Gasteiger partial charge in [0.05, 0.1) is 0 Å². The minimum atomic E-state index is -0.907. The van der Waals surface area contributed by atoms with Crippen LogP contribution in [0.1, 0.15) is 70.7 Å². The number of fused-ring (bicyclic) bond motifs is 1. The third-order valence-corrected chi connectivity index (χ3v) is 7.20. The Morgan fingerprint density at radius 2 is 1.57 bits per heavy atom. The number of rotatable bonds is 9. The molecule has 7 heteroatoms. The zero-order chi connectivity index (χ0) is 29.6. The molecule has 7 nitrogen and oxygen atoms in total. The summed E-state index contributed by atoms with van der Waals surface area (Å²) < 4.78 is 5.46. The van der Waals surface area contributed by atoms with Crippen LogP contribution in [0.5, 0.6) is 0 Å². The number of aryl methyl sites for hydroxylation is 2. The SMILES string of the molecule is CCC(C)C(NC(=O)OC(C)(C)C)C(=O)N(CC)C(C(=O)Nc1ccc2ccccc2c1)c1ccc(C)c(C)c1. The first-order valence-corrected chi connectivity index (χ1v) is 14.0. The van der Waals surface area contributed by atoms with Crippen molar-refractivity contribution in [1.82, 2.24) is 10.2 Å². The number of anilines is 1. The summed E-state index contributed by atoms with van der Waals surface area (Å²) in [5, 5.41) is 7.91. The molecule has 3 atom stereocenters. The largest absolute Gasteiger partial charge is 0.444 e. The summed E-state index contributed by atoms with van der Waals surface area (Å²) in [7, 11) is 0. The maximum Gasteiger partial charge on any atom is 0.408 e. The van der Waals surface area contributed by atoms with Gasteiger partial charge in [-0.3, -0.25) is 9.59 Å². The summed E-state index contributed by atoms with van der Waals surface area (Å²) in [6.45, 7) is 15.3. The Bertz CT molecular complexity index is 1360. The molecule has 40 heavy (non-hydrogen) atoms. The van der Waals surface area contributed by atoms with Crippen molar-refractivity contribution in [2.75, 3.05) is 11.9 Å². The topological polar surface area (TPSA) is 87.7 Å². The second-order valence-corrected chi connectivity index (χ2v) is 11.4. The van der Waals surface area contributed by atoms with Crippen molar-refractivity contribution in [3.05, 3.63) is 77.4 Å². The van der Waals surface area contributed by atoms with Crippen molar-refractivity contribution in [3.63, 3.8) is 0 Å². The number of likely N-dealkylation sites (N-methyl/N-ethyl adjacent to an activating group) is 1. The number of alkyl carbamates (subject to hydrolysis) is 1. The second-order valence-electron chi connectivity index (χ2n) is 11.4. The van der Waals surface area contributed by atoms with Crippen molar-refractivity contribution >= 4 is 34.4 Å². The quantitative estimate of drug-likeness (QED) is 0.305. The molecular formula is C33H43N3O4. The first kappa shape index (κ1) is 30.7. The molecule has 0 saturated carbocycles. The van der Waals surface area contributed by atoms with E-state index in [0.29, 0.717) is 17.7 Å². The Balaban J connectivity index is 2.01. The van der Waals surface area contributed by atoms with Crippen LogP contribution in [0, 0.1) is 19.8 Å². The molecular weight excluding hydrogens is 502 g/mol. The Kier molecular flexibility index (Phi) is 9.96. The third kappa shape index (κ3) is 7.62. The number of hydrogen-bond acceptors (Lipinski definition) is 4. The van der Waals surface area contributed by atoms with Crippen LogP contribution in [0.15, 0.2) is 60.7 Å². The second kappa shape index (κ2) is 13.0. The average molecular weight is 546 g/mol. The number of amides is 3. The van der Waals surface area contributed by atoms with E-state index in [1.54, 1.807) is 25.7 Å². The Morgan fingerprint density at radius 3 is 2.17 bits per heavy atom. The molecule has 0 aliphatic heterocycles. The third-order valence-electron chi connectivity index (χ3n) is 7.20. The number of benzene rings is 3. The van der Waals surface area contributed by atoms with Gasteiger partial charge in [0.2, 0.25) is 5.91 Å². The van der Waals surface area contributed by atoms with E-state index < -0.39 is 23.8 Å². The molecule has 3 aromatic rings. The molecule has 0 aliphatic carbocycles. The molecule has 0 bridgehead atoms. The van der Waals surface area contributed by atoms with E-state index in [1.165, 1.54) is 0 Å². The van der Waals surface area contributed by atoms with Crippen molar-refractivity contribution < 1.29 is 19.1 Å². The van der Waals surface area contributed by atoms with Crippen molar-refractivity contribution in [3.8, 4) is 0 Å². The van der Waals surface area contributed by atoms with E-state index in [-0.39, 0.29) is 24.3 Å². The van der Waals surface area contributed by atoms with Gasteiger partial charge in [-0.15, -0.1) is 0 Å². The van der Waals surface area contributed by atoms with Gasteiger partial charge in [0.25, 0.3) is 5.91 Å². The smallest absolute Gasteiger partial charge is 0.408 e. The first-order chi connectivity index (χ1) is 18.8. The van der Waals surface area contributed by atoms with Crippen molar-refractivity contribution in [1.29, 1.82) is 0 Å². The van der Waals surface area contributed by atoms with Gasteiger partial charge in [-0.25, -0.2) is 4.79 Å². The number of carbonyl (C=O) groups is 3. The van der Waals surface area contributed by atoms with Gasteiger partial charge in [0, 0.05) is 12.2 Å². The maximum atomic E-state index is 14.1. The molecule has 2 N–H and O–H groups in total. The summed E-state index contributed by atoms with van der Waals surface area (Å²) in [5.41, 5.74) is 2.76. The highest BCUT2D eigenvalue weighted by Gasteiger charge is 2.37. The van der Waals surface area contributed by atoms with E-state index in [9.17, 15) is 14.4 Å². The molecule has 0 saturated heterocycles. The maximum absolute atomic E-state index is 14.1. The Labute approximate surface area is 238 Å². The zero-order valence-electron chi connectivity index (χ0n) is 25.0. The molecule has 3 amide bonds.